The van der Waals surface area contributed by atoms with E-state index in [1.165, 1.54) is 56.9 Å². The van der Waals surface area contributed by atoms with Gasteiger partial charge in [0.15, 0.2) is 0 Å². The summed E-state index contributed by atoms with van der Waals surface area (Å²) >= 11 is 0. The maximum Gasteiger partial charge on any atom is 0.223 e. The monoisotopic (exact) mass is 289 g/mol. The van der Waals surface area contributed by atoms with Gasteiger partial charge in [0.05, 0.1) is 6.20 Å². The largest absolute Gasteiger partial charge is 0.337 e. The predicted molar refractivity (Wildman–Crippen MR) is 82.9 cm³/mol. The molecule has 0 aromatic carbocycles. The summed E-state index contributed by atoms with van der Waals surface area (Å²) in [6, 6.07) is 1.05. The van der Waals surface area contributed by atoms with Crippen molar-refractivity contribution < 1.29 is 4.79 Å². The number of aryl methyl sites for hydroxylation is 2. The molecule has 0 N–H and O–H groups in total. The molecule has 0 unspecified atom stereocenters. The molecule has 3 rings (SSSR count). The van der Waals surface area contributed by atoms with Gasteiger partial charge in [-0.25, -0.2) is 0 Å². The van der Waals surface area contributed by atoms with E-state index in [-0.39, 0.29) is 0 Å². The molecule has 4 nitrogen and oxygen atoms in total. The van der Waals surface area contributed by atoms with Crippen molar-refractivity contribution >= 4 is 5.91 Å². The molecule has 0 atom stereocenters. The highest BCUT2D eigenvalue weighted by Crippen LogP contribution is 2.32. The van der Waals surface area contributed by atoms with E-state index in [0.29, 0.717) is 24.4 Å². The normalized spacial score (nSPS) is 20.2. The lowest BCUT2D eigenvalue weighted by Crippen LogP contribution is -2.45. The Hall–Kier alpha value is -1.32. The first kappa shape index (κ1) is 14.6. The molecule has 0 radical (unpaired) electrons. The van der Waals surface area contributed by atoms with Gasteiger partial charge in [0.25, 0.3) is 0 Å². The fraction of sp³-hybridized carbons (Fsp3) is 0.765. The Morgan fingerprint density at radius 3 is 2.24 bits per heavy atom. The number of hydrogen-bond donors (Lipinski definition) is 0. The maximum atomic E-state index is 12.8. The fourth-order valence-electron chi connectivity index (χ4n) is 4.05. The van der Waals surface area contributed by atoms with Gasteiger partial charge in [-0.2, -0.15) is 5.10 Å². The predicted octanol–water partition coefficient (Wildman–Crippen LogP) is 3.07. The van der Waals surface area contributed by atoms with E-state index in [9.17, 15) is 4.79 Å². The van der Waals surface area contributed by atoms with Crippen LogP contribution in [0.5, 0.6) is 0 Å². The molecule has 0 spiro atoms. The minimum absolute atomic E-state index is 0.373. The van der Waals surface area contributed by atoms with Crippen molar-refractivity contribution in [1.82, 2.24) is 14.7 Å². The second-order valence-electron chi connectivity index (χ2n) is 6.70. The molecule has 1 heterocycles. The van der Waals surface area contributed by atoms with Gasteiger partial charge in [0, 0.05) is 31.7 Å². The molecule has 0 aliphatic heterocycles. The lowest BCUT2D eigenvalue weighted by molar-refractivity contribution is -0.136. The van der Waals surface area contributed by atoms with Crippen molar-refractivity contribution in [3.8, 4) is 0 Å². The first-order valence-electron chi connectivity index (χ1n) is 8.53. The summed E-state index contributed by atoms with van der Waals surface area (Å²) in [7, 11) is 1.93. The Balaban J connectivity index is 1.62. The third-order valence-corrected chi connectivity index (χ3v) is 5.11. The molecule has 0 bridgehead atoms. The lowest BCUT2D eigenvalue weighted by Gasteiger charge is -2.34. The van der Waals surface area contributed by atoms with Crippen LogP contribution in [0.1, 0.15) is 63.4 Å². The molecule has 2 aliphatic carbocycles. The van der Waals surface area contributed by atoms with Crippen LogP contribution < -0.4 is 0 Å². The highest BCUT2D eigenvalue weighted by Gasteiger charge is 2.33. The molecule has 116 valence electrons. The standard InChI is InChI=1S/C17H27N3O/c1-19-13-14(12-18-19)10-11-17(21)20(15-6-2-3-7-15)16-8-4-5-9-16/h12-13,15-16H,2-11H2,1H3. The van der Waals surface area contributed by atoms with Crippen LogP contribution in [-0.4, -0.2) is 32.7 Å². The molecule has 2 fully saturated rings. The molecule has 1 aromatic rings. The Kier molecular flexibility index (Phi) is 4.61. The van der Waals surface area contributed by atoms with Gasteiger partial charge < -0.3 is 4.90 Å². The van der Waals surface area contributed by atoms with Gasteiger partial charge in [-0.05, 0) is 37.7 Å². The first-order chi connectivity index (χ1) is 10.2. The zero-order chi connectivity index (χ0) is 14.7. The number of amides is 1. The maximum absolute atomic E-state index is 12.8. The molecule has 2 saturated carbocycles. The molecule has 2 aliphatic rings. The number of rotatable bonds is 5. The molecule has 0 saturated heterocycles. The van der Waals surface area contributed by atoms with Gasteiger partial charge in [0.2, 0.25) is 5.91 Å². The Bertz CT molecular complexity index is 454. The Morgan fingerprint density at radius 2 is 1.76 bits per heavy atom. The average molecular weight is 289 g/mol. The number of aromatic nitrogens is 2. The first-order valence-corrected chi connectivity index (χ1v) is 8.53. The van der Waals surface area contributed by atoms with E-state index < -0.39 is 0 Å². The minimum atomic E-state index is 0.373. The minimum Gasteiger partial charge on any atom is -0.337 e. The van der Waals surface area contributed by atoms with Gasteiger partial charge in [-0.3, -0.25) is 9.48 Å². The van der Waals surface area contributed by atoms with Gasteiger partial charge in [-0.15, -0.1) is 0 Å². The summed E-state index contributed by atoms with van der Waals surface area (Å²) in [6.07, 6.45) is 15.4. The van der Waals surface area contributed by atoms with Gasteiger partial charge in [-0.1, -0.05) is 25.7 Å². The third-order valence-electron chi connectivity index (χ3n) is 5.11. The van der Waals surface area contributed by atoms with Crippen molar-refractivity contribution in [2.45, 2.75) is 76.3 Å². The number of nitrogens with zero attached hydrogens (tertiary/aromatic N) is 3. The number of hydrogen-bond acceptors (Lipinski definition) is 2. The SMILES string of the molecule is Cn1cc(CCC(=O)N(C2CCCC2)C2CCCC2)cn1. The molecule has 21 heavy (non-hydrogen) atoms. The summed E-state index contributed by atoms with van der Waals surface area (Å²) in [5.74, 6) is 0.373. The van der Waals surface area contributed by atoms with E-state index in [1.807, 2.05) is 24.1 Å². The van der Waals surface area contributed by atoms with Crippen molar-refractivity contribution in [3.63, 3.8) is 0 Å². The van der Waals surface area contributed by atoms with Crippen LogP contribution in [0.2, 0.25) is 0 Å². The van der Waals surface area contributed by atoms with Crippen LogP contribution in [0, 0.1) is 0 Å². The summed E-state index contributed by atoms with van der Waals surface area (Å²) in [4.78, 5) is 15.1. The van der Waals surface area contributed by atoms with Crippen molar-refractivity contribution in [1.29, 1.82) is 0 Å². The van der Waals surface area contributed by atoms with Crippen LogP contribution in [0.4, 0.5) is 0 Å². The van der Waals surface area contributed by atoms with Crippen molar-refractivity contribution in [2.24, 2.45) is 7.05 Å². The molecule has 4 heteroatoms. The van der Waals surface area contributed by atoms with Gasteiger partial charge in [0.1, 0.15) is 0 Å². The molecular weight excluding hydrogens is 262 g/mol. The second kappa shape index (κ2) is 6.63. The smallest absolute Gasteiger partial charge is 0.223 e. The zero-order valence-electron chi connectivity index (χ0n) is 13.1. The molecule has 1 aromatic heterocycles. The van der Waals surface area contributed by atoms with Crippen LogP contribution >= 0.6 is 0 Å². The second-order valence-corrected chi connectivity index (χ2v) is 6.70. The quantitative estimate of drug-likeness (QED) is 0.835. The third kappa shape index (κ3) is 3.47. The summed E-state index contributed by atoms with van der Waals surface area (Å²) < 4.78 is 1.81. The van der Waals surface area contributed by atoms with E-state index >= 15 is 0 Å². The van der Waals surface area contributed by atoms with E-state index in [4.69, 9.17) is 0 Å². The number of carbonyl (C=O) groups is 1. The Labute approximate surface area is 127 Å². The zero-order valence-corrected chi connectivity index (χ0v) is 13.1. The topological polar surface area (TPSA) is 38.1 Å². The van der Waals surface area contributed by atoms with Gasteiger partial charge >= 0.3 is 0 Å². The molecular formula is C17H27N3O. The van der Waals surface area contributed by atoms with E-state index in [1.54, 1.807) is 0 Å². The van der Waals surface area contributed by atoms with Crippen molar-refractivity contribution in [3.05, 3.63) is 18.0 Å². The van der Waals surface area contributed by atoms with Crippen LogP contribution in [0.3, 0.4) is 0 Å². The highest BCUT2D eigenvalue weighted by molar-refractivity contribution is 5.77. The lowest BCUT2D eigenvalue weighted by atomic mass is 10.1. The fourth-order valence-corrected chi connectivity index (χ4v) is 4.05. The molecule has 1 amide bonds. The summed E-state index contributed by atoms with van der Waals surface area (Å²) in [5, 5.41) is 4.19. The highest BCUT2D eigenvalue weighted by atomic mass is 16.2. The van der Waals surface area contributed by atoms with E-state index in [2.05, 4.69) is 10.00 Å². The van der Waals surface area contributed by atoms with Crippen molar-refractivity contribution in [2.75, 3.05) is 0 Å². The summed E-state index contributed by atoms with van der Waals surface area (Å²) in [6.45, 7) is 0. The number of carbonyl (C=O) groups excluding carboxylic acids is 1. The summed E-state index contributed by atoms with van der Waals surface area (Å²) in [5.41, 5.74) is 1.17. The Morgan fingerprint density at radius 1 is 1.19 bits per heavy atom. The van der Waals surface area contributed by atoms with E-state index in [0.717, 1.165) is 6.42 Å². The average Bonchev–Trinajstić information content (AvgIpc) is 3.19. The van der Waals surface area contributed by atoms with Crippen LogP contribution in [0.15, 0.2) is 12.4 Å². The van der Waals surface area contributed by atoms with Crippen LogP contribution in [-0.2, 0) is 18.3 Å². The van der Waals surface area contributed by atoms with Crippen LogP contribution in [0.25, 0.3) is 0 Å².